The monoisotopic (exact) mass is 298 g/mol. The van der Waals surface area contributed by atoms with Crippen LogP contribution < -0.4 is 5.32 Å². The molecule has 1 fully saturated rings. The van der Waals surface area contributed by atoms with Crippen LogP contribution in [0.25, 0.3) is 0 Å². The molecule has 1 rings (SSSR count). The lowest BCUT2D eigenvalue weighted by molar-refractivity contribution is -0.148. The van der Waals surface area contributed by atoms with E-state index in [4.69, 9.17) is 0 Å². The van der Waals surface area contributed by atoms with E-state index >= 15 is 0 Å². The SMILES string of the molecule is CCN(CC)CCNC(=O)C(=O)N1CCN(C(C)=O)CC1. The number of piperazine rings is 1. The zero-order valence-corrected chi connectivity index (χ0v) is 13.2. The Kier molecular flexibility index (Phi) is 7.14. The summed E-state index contributed by atoms with van der Waals surface area (Å²) in [4.78, 5) is 40.4. The highest BCUT2D eigenvalue weighted by Gasteiger charge is 2.26. The van der Waals surface area contributed by atoms with E-state index < -0.39 is 11.8 Å². The molecule has 3 amide bonds. The van der Waals surface area contributed by atoms with Crippen molar-refractivity contribution in [3.05, 3.63) is 0 Å². The van der Waals surface area contributed by atoms with Crippen LogP contribution in [0.4, 0.5) is 0 Å². The summed E-state index contributed by atoms with van der Waals surface area (Å²) in [7, 11) is 0. The molecule has 0 aliphatic carbocycles. The Morgan fingerprint density at radius 1 is 1.00 bits per heavy atom. The minimum Gasteiger partial charge on any atom is -0.347 e. The fraction of sp³-hybridized carbons (Fsp3) is 0.786. The Hall–Kier alpha value is -1.63. The van der Waals surface area contributed by atoms with Crippen molar-refractivity contribution in [2.45, 2.75) is 20.8 Å². The molecule has 1 N–H and O–H groups in total. The minimum atomic E-state index is -0.557. The lowest BCUT2D eigenvalue weighted by Gasteiger charge is -2.33. The third-order valence-corrected chi connectivity index (χ3v) is 3.81. The molecule has 0 spiro atoms. The number of rotatable bonds is 5. The number of hydrogen-bond acceptors (Lipinski definition) is 4. The van der Waals surface area contributed by atoms with Gasteiger partial charge in [-0.1, -0.05) is 13.8 Å². The number of hydrogen-bond donors (Lipinski definition) is 1. The Balaban J connectivity index is 2.32. The van der Waals surface area contributed by atoms with Crippen molar-refractivity contribution in [2.24, 2.45) is 0 Å². The van der Waals surface area contributed by atoms with Crippen LogP contribution in [0.1, 0.15) is 20.8 Å². The van der Waals surface area contributed by atoms with E-state index in [0.29, 0.717) is 32.7 Å². The first-order valence-electron chi connectivity index (χ1n) is 7.54. The number of carbonyl (C=O) groups is 3. The molecule has 0 radical (unpaired) electrons. The molecule has 0 aromatic heterocycles. The second-order valence-electron chi connectivity index (χ2n) is 5.08. The van der Waals surface area contributed by atoms with Crippen LogP contribution in [0.15, 0.2) is 0 Å². The third-order valence-electron chi connectivity index (χ3n) is 3.81. The van der Waals surface area contributed by atoms with E-state index in [9.17, 15) is 14.4 Å². The van der Waals surface area contributed by atoms with Gasteiger partial charge in [0.2, 0.25) is 5.91 Å². The average molecular weight is 298 g/mol. The highest BCUT2D eigenvalue weighted by molar-refractivity contribution is 6.35. The molecule has 21 heavy (non-hydrogen) atoms. The van der Waals surface area contributed by atoms with Gasteiger partial charge >= 0.3 is 11.8 Å². The highest BCUT2D eigenvalue weighted by atomic mass is 16.2. The number of carbonyl (C=O) groups excluding carboxylic acids is 3. The normalized spacial score (nSPS) is 15.2. The van der Waals surface area contributed by atoms with Gasteiger partial charge in [0, 0.05) is 46.2 Å². The van der Waals surface area contributed by atoms with Crippen molar-refractivity contribution in [1.82, 2.24) is 20.0 Å². The zero-order valence-electron chi connectivity index (χ0n) is 13.2. The van der Waals surface area contributed by atoms with Crippen molar-refractivity contribution >= 4 is 17.7 Å². The molecule has 1 aliphatic rings. The van der Waals surface area contributed by atoms with Crippen LogP contribution in [-0.2, 0) is 14.4 Å². The van der Waals surface area contributed by atoms with Crippen LogP contribution in [0.5, 0.6) is 0 Å². The third kappa shape index (κ3) is 5.34. The highest BCUT2D eigenvalue weighted by Crippen LogP contribution is 2.02. The van der Waals surface area contributed by atoms with Gasteiger partial charge in [-0.3, -0.25) is 14.4 Å². The first-order valence-corrected chi connectivity index (χ1v) is 7.54. The first-order chi connectivity index (χ1) is 9.99. The van der Waals surface area contributed by atoms with Gasteiger partial charge in [0.15, 0.2) is 0 Å². The van der Waals surface area contributed by atoms with Crippen molar-refractivity contribution in [3.8, 4) is 0 Å². The summed E-state index contributed by atoms with van der Waals surface area (Å²) in [6.45, 7) is 10.5. The molecule has 0 saturated carbocycles. The van der Waals surface area contributed by atoms with Gasteiger partial charge in [-0.15, -0.1) is 0 Å². The van der Waals surface area contributed by atoms with Crippen LogP contribution in [0.3, 0.4) is 0 Å². The molecule has 0 aromatic rings. The Labute approximate surface area is 126 Å². The molecule has 0 unspecified atom stereocenters. The smallest absolute Gasteiger partial charge is 0.312 e. The van der Waals surface area contributed by atoms with E-state index in [2.05, 4.69) is 24.1 Å². The first kappa shape index (κ1) is 17.4. The van der Waals surface area contributed by atoms with Crippen molar-refractivity contribution in [3.63, 3.8) is 0 Å². The predicted octanol–water partition coefficient (Wildman–Crippen LogP) is -0.865. The molecule has 1 aliphatic heterocycles. The van der Waals surface area contributed by atoms with Crippen molar-refractivity contribution in [1.29, 1.82) is 0 Å². The molecule has 0 atom stereocenters. The van der Waals surface area contributed by atoms with E-state index in [0.717, 1.165) is 19.6 Å². The molecular weight excluding hydrogens is 272 g/mol. The fourth-order valence-corrected chi connectivity index (χ4v) is 2.31. The number of nitrogens with one attached hydrogen (secondary N) is 1. The van der Waals surface area contributed by atoms with Gasteiger partial charge in [0.05, 0.1) is 0 Å². The molecule has 1 saturated heterocycles. The van der Waals surface area contributed by atoms with Gasteiger partial charge in [-0.25, -0.2) is 0 Å². The summed E-state index contributed by atoms with van der Waals surface area (Å²) in [5.74, 6) is -1.05. The molecular formula is C14H26N4O3. The van der Waals surface area contributed by atoms with Crippen LogP contribution in [-0.4, -0.2) is 84.8 Å². The maximum absolute atomic E-state index is 12.0. The van der Waals surface area contributed by atoms with E-state index in [1.54, 1.807) is 4.90 Å². The summed E-state index contributed by atoms with van der Waals surface area (Å²) in [6, 6.07) is 0. The maximum Gasteiger partial charge on any atom is 0.312 e. The molecule has 0 aromatic carbocycles. The number of likely N-dealkylation sites (N-methyl/N-ethyl adjacent to an activating group) is 1. The predicted molar refractivity (Wildman–Crippen MR) is 79.6 cm³/mol. The Morgan fingerprint density at radius 2 is 1.52 bits per heavy atom. The van der Waals surface area contributed by atoms with Gasteiger partial charge in [0.25, 0.3) is 0 Å². The molecule has 120 valence electrons. The Bertz CT molecular complexity index is 374. The largest absolute Gasteiger partial charge is 0.347 e. The second-order valence-corrected chi connectivity index (χ2v) is 5.08. The van der Waals surface area contributed by atoms with E-state index in [1.807, 2.05) is 0 Å². The zero-order chi connectivity index (χ0) is 15.8. The summed E-state index contributed by atoms with van der Waals surface area (Å²) < 4.78 is 0. The van der Waals surface area contributed by atoms with Gasteiger partial charge in [0.1, 0.15) is 0 Å². The lowest BCUT2D eigenvalue weighted by Crippen LogP contribution is -2.53. The van der Waals surface area contributed by atoms with Gasteiger partial charge < -0.3 is 20.0 Å². The maximum atomic E-state index is 12.0. The van der Waals surface area contributed by atoms with E-state index in [-0.39, 0.29) is 5.91 Å². The second kappa shape index (κ2) is 8.61. The quantitative estimate of drug-likeness (QED) is 0.670. The summed E-state index contributed by atoms with van der Waals surface area (Å²) in [5.41, 5.74) is 0. The molecule has 7 nitrogen and oxygen atoms in total. The Morgan fingerprint density at radius 3 is 2.00 bits per heavy atom. The summed E-state index contributed by atoms with van der Waals surface area (Å²) in [5, 5.41) is 2.66. The van der Waals surface area contributed by atoms with Gasteiger partial charge in [-0.2, -0.15) is 0 Å². The average Bonchev–Trinajstić information content (AvgIpc) is 2.50. The lowest BCUT2D eigenvalue weighted by atomic mass is 10.3. The van der Waals surface area contributed by atoms with Crippen molar-refractivity contribution in [2.75, 3.05) is 52.4 Å². The summed E-state index contributed by atoms with van der Waals surface area (Å²) >= 11 is 0. The molecule has 1 heterocycles. The number of amides is 3. The van der Waals surface area contributed by atoms with Crippen LogP contribution >= 0.6 is 0 Å². The minimum absolute atomic E-state index is 0.00535. The molecule has 7 heteroatoms. The summed E-state index contributed by atoms with van der Waals surface area (Å²) in [6.07, 6.45) is 0. The van der Waals surface area contributed by atoms with E-state index in [1.165, 1.54) is 11.8 Å². The molecule has 0 bridgehead atoms. The van der Waals surface area contributed by atoms with Crippen LogP contribution in [0.2, 0.25) is 0 Å². The fourth-order valence-electron chi connectivity index (χ4n) is 2.31. The number of nitrogens with zero attached hydrogens (tertiary/aromatic N) is 3. The van der Waals surface area contributed by atoms with Crippen molar-refractivity contribution < 1.29 is 14.4 Å². The topological polar surface area (TPSA) is 73.0 Å². The van der Waals surface area contributed by atoms with Crippen LogP contribution in [0, 0.1) is 0 Å². The standard InChI is InChI=1S/C14H26N4O3/c1-4-16(5-2)7-6-15-13(20)14(21)18-10-8-17(9-11-18)12(3)19/h4-11H2,1-3H3,(H,15,20). The van der Waals surface area contributed by atoms with Gasteiger partial charge in [-0.05, 0) is 13.1 Å².